The number of rotatable bonds is 10. The number of amides is 4. The molecule has 2 aromatic carbocycles. The van der Waals surface area contributed by atoms with Gasteiger partial charge in [0, 0.05) is 0 Å². The van der Waals surface area contributed by atoms with Gasteiger partial charge in [0.1, 0.15) is 13.1 Å². The van der Waals surface area contributed by atoms with E-state index in [0.717, 1.165) is 20.9 Å². The summed E-state index contributed by atoms with van der Waals surface area (Å²) in [7, 11) is 0. The lowest BCUT2D eigenvalue weighted by Crippen LogP contribution is -2.57. The second-order valence-electron chi connectivity index (χ2n) is 8.37. The van der Waals surface area contributed by atoms with Crippen molar-refractivity contribution >= 4 is 23.6 Å². The molecule has 4 amide bonds. The van der Waals surface area contributed by atoms with Crippen LogP contribution in [-0.2, 0) is 41.9 Å². The third-order valence-electron chi connectivity index (χ3n) is 5.47. The fourth-order valence-corrected chi connectivity index (χ4v) is 3.53. The lowest BCUT2D eigenvalue weighted by Gasteiger charge is -2.32. The van der Waals surface area contributed by atoms with Crippen molar-refractivity contribution in [3.8, 4) is 0 Å². The van der Waals surface area contributed by atoms with Gasteiger partial charge in [-0.05, 0) is 25.0 Å². The number of piperazine rings is 1. The maximum absolute atomic E-state index is 12.6. The number of ether oxygens (including phenoxy) is 2. The number of nitrogens with zero attached hydrogens (tertiary/aromatic N) is 2. The summed E-state index contributed by atoms with van der Waals surface area (Å²) in [5.74, 6) is -2.15. The third kappa shape index (κ3) is 7.33. The highest BCUT2D eigenvalue weighted by atomic mass is 16.5. The summed E-state index contributed by atoms with van der Waals surface area (Å²) in [5.41, 5.74) is 1.95. The van der Waals surface area contributed by atoms with Crippen LogP contribution in [0, 0.1) is 0 Å². The van der Waals surface area contributed by atoms with Crippen molar-refractivity contribution in [3.05, 3.63) is 71.8 Å². The first-order valence-electron chi connectivity index (χ1n) is 11.3. The van der Waals surface area contributed by atoms with E-state index in [9.17, 15) is 19.2 Å². The van der Waals surface area contributed by atoms with Gasteiger partial charge in [-0.15, -0.1) is 0 Å². The molecule has 1 heterocycles. The van der Waals surface area contributed by atoms with Gasteiger partial charge >= 0.3 is 0 Å². The van der Waals surface area contributed by atoms with Crippen LogP contribution in [-0.4, -0.2) is 58.7 Å². The molecule has 1 aliphatic rings. The van der Waals surface area contributed by atoms with Gasteiger partial charge in [0.15, 0.2) is 0 Å². The largest absolute Gasteiger partial charge is 0.373 e. The standard InChI is InChI=1S/C26H30N2O6/c1-19(33-17-21-9-5-3-6-10-21)13-23(29)27-15-26(32)28(16-25(27)31)24(30)14-20(2)34-18-22-11-7-4-8-12-22/h3-12,19-20H,13-18H2,1-2H3. The number of hydrogen-bond acceptors (Lipinski definition) is 6. The zero-order chi connectivity index (χ0) is 24.5. The first-order chi connectivity index (χ1) is 16.3. The number of imide groups is 2. The first-order valence-corrected chi connectivity index (χ1v) is 11.3. The summed E-state index contributed by atoms with van der Waals surface area (Å²) in [6.07, 6.45) is -0.940. The number of hydrogen-bond donors (Lipinski definition) is 0. The van der Waals surface area contributed by atoms with Crippen LogP contribution in [0.4, 0.5) is 0 Å². The third-order valence-corrected chi connectivity index (χ3v) is 5.47. The normalized spacial score (nSPS) is 15.8. The first kappa shape index (κ1) is 25.3. The Balaban J connectivity index is 1.45. The Morgan fingerprint density at radius 2 is 1.06 bits per heavy atom. The second kappa shape index (κ2) is 12.2. The van der Waals surface area contributed by atoms with E-state index in [4.69, 9.17) is 9.47 Å². The maximum atomic E-state index is 12.6. The van der Waals surface area contributed by atoms with Crippen molar-refractivity contribution in [1.29, 1.82) is 0 Å². The van der Waals surface area contributed by atoms with Gasteiger partial charge < -0.3 is 9.47 Å². The van der Waals surface area contributed by atoms with Crippen molar-refractivity contribution < 1.29 is 28.7 Å². The molecule has 0 bridgehead atoms. The van der Waals surface area contributed by atoms with Crippen molar-refractivity contribution in [2.45, 2.75) is 52.1 Å². The molecule has 0 saturated carbocycles. The molecule has 180 valence electrons. The zero-order valence-electron chi connectivity index (χ0n) is 19.5. The summed E-state index contributed by atoms with van der Waals surface area (Å²) >= 11 is 0. The Labute approximate surface area is 199 Å². The average molecular weight is 467 g/mol. The summed E-state index contributed by atoms with van der Waals surface area (Å²) < 4.78 is 11.4. The molecule has 0 N–H and O–H groups in total. The molecule has 2 unspecified atom stereocenters. The van der Waals surface area contributed by atoms with Crippen LogP contribution in [0.2, 0.25) is 0 Å². The van der Waals surface area contributed by atoms with Crippen molar-refractivity contribution in [2.75, 3.05) is 13.1 Å². The highest BCUT2D eigenvalue weighted by molar-refractivity contribution is 6.08. The molecule has 0 aromatic heterocycles. The molecule has 2 aromatic rings. The van der Waals surface area contributed by atoms with Gasteiger partial charge in [-0.3, -0.25) is 29.0 Å². The Kier molecular flexibility index (Phi) is 9.07. The monoisotopic (exact) mass is 466 g/mol. The maximum Gasteiger partial charge on any atom is 0.249 e. The van der Waals surface area contributed by atoms with Crippen molar-refractivity contribution in [1.82, 2.24) is 9.80 Å². The molecule has 1 saturated heterocycles. The highest BCUT2D eigenvalue weighted by Gasteiger charge is 2.37. The fraction of sp³-hybridized carbons (Fsp3) is 0.385. The van der Waals surface area contributed by atoms with Gasteiger partial charge in [-0.25, -0.2) is 0 Å². The van der Waals surface area contributed by atoms with Crippen LogP contribution in [0.3, 0.4) is 0 Å². The van der Waals surface area contributed by atoms with Gasteiger partial charge in [-0.1, -0.05) is 60.7 Å². The highest BCUT2D eigenvalue weighted by Crippen LogP contribution is 2.14. The van der Waals surface area contributed by atoms with E-state index >= 15 is 0 Å². The van der Waals surface area contributed by atoms with Gasteiger partial charge in [0.25, 0.3) is 0 Å². The van der Waals surface area contributed by atoms with E-state index in [2.05, 4.69) is 0 Å². The molecule has 2 atom stereocenters. The van der Waals surface area contributed by atoms with E-state index in [0.29, 0.717) is 13.2 Å². The number of carbonyl (C=O) groups excluding carboxylic acids is 4. The fourth-order valence-electron chi connectivity index (χ4n) is 3.53. The molecule has 3 rings (SSSR count). The van der Waals surface area contributed by atoms with E-state index < -0.39 is 48.9 Å². The molecule has 1 aliphatic heterocycles. The van der Waals surface area contributed by atoms with Crippen LogP contribution >= 0.6 is 0 Å². The lowest BCUT2D eigenvalue weighted by atomic mass is 10.2. The van der Waals surface area contributed by atoms with Gasteiger partial charge in [0.2, 0.25) is 23.6 Å². The Morgan fingerprint density at radius 3 is 1.41 bits per heavy atom. The SMILES string of the molecule is CC(CC(=O)N1CC(=O)N(C(=O)CC(C)OCc2ccccc2)CC1=O)OCc1ccccc1. The van der Waals surface area contributed by atoms with E-state index in [1.54, 1.807) is 13.8 Å². The molecular formula is C26H30N2O6. The summed E-state index contributed by atoms with van der Waals surface area (Å²) in [5, 5.41) is 0. The predicted octanol–water partition coefficient (Wildman–Crippen LogP) is 2.70. The number of benzene rings is 2. The van der Waals surface area contributed by atoms with Crippen molar-refractivity contribution in [3.63, 3.8) is 0 Å². The van der Waals surface area contributed by atoms with Crippen LogP contribution in [0.25, 0.3) is 0 Å². The molecule has 34 heavy (non-hydrogen) atoms. The molecule has 1 fully saturated rings. The summed E-state index contributed by atoms with van der Waals surface area (Å²) in [6, 6.07) is 19.1. The molecule has 8 nitrogen and oxygen atoms in total. The lowest BCUT2D eigenvalue weighted by molar-refractivity contribution is -0.163. The van der Waals surface area contributed by atoms with Crippen LogP contribution < -0.4 is 0 Å². The second-order valence-corrected chi connectivity index (χ2v) is 8.37. The van der Waals surface area contributed by atoms with Crippen LogP contribution in [0.15, 0.2) is 60.7 Å². The smallest absolute Gasteiger partial charge is 0.249 e. The zero-order valence-corrected chi connectivity index (χ0v) is 19.5. The quantitative estimate of drug-likeness (QED) is 0.535. The van der Waals surface area contributed by atoms with E-state index in [1.165, 1.54) is 0 Å². The van der Waals surface area contributed by atoms with Crippen LogP contribution in [0.1, 0.15) is 37.8 Å². The summed E-state index contributed by atoms with van der Waals surface area (Å²) in [4.78, 5) is 52.1. The molecular weight excluding hydrogens is 436 g/mol. The Hall–Kier alpha value is -3.36. The molecule has 8 heteroatoms. The van der Waals surface area contributed by atoms with E-state index in [1.807, 2.05) is 60.7 Å². The molecule has 0 aliphatic carbocycles. The van der Waals surface area contributed by atoms with Crippen molar-refractivity contribution in [2.24, 2.45) is 0 Å². The van der Waals surface area contributed by atoms with Crippen LogP contribution in [0.5, 0.6) is 0 Å². The van der Waals surface area contributed by atoms with E-state index in [-0.39, 0.29) is 12.8 Å². The molecule has 0 radical (unpaired) electrons. The minimum absolute atomic E-state index is 0.0375. The predicted molar refractivity (Wildman–Crippen MR) is 124 cm³/mol. The van der Waals surface area contributed by atoms with Gasteiger partial charge in [-0.2, -0.15) is 0 Å². The molecule has 0 spiro atoms. The minimum atomic E-state index is -0.578. The minimum Gasteiger partial charge on any atom is -0.373 e. The average Bonchev–Trinajstić information content (AvgIpc) is 2.83. The Morgan fingerprint density at radius 1 is 0.706 bits per heavy atom. The summed E-state index contributed by atoms with van der Waals surface area (Å²) in [6.45, 7) is 3.26. The topological polar surface area (TPSA) is 93.2 Å². The Bertz CT molecular complexity index is 913. The number of carbonyl (C=O) groups is 4. The van der Waals surface area contributed by atoms with Gasteiger partial charge in [0.05, 0.1) is 38.3 Å².